The average molecular weight is 753 g/mol. The number of thiophene rings is 4. The van der Waals surface area contributed by atoms with Crippen LogP contribution in [0.5, 0.6) is 0 Å². The van der Waals surface area contributed by atoms with Crippen LogP contribution in [0.1, 0.15) is 56.4 Å². The normalized spacial score (nSPS) is 20.4. The van der Waals surface area contributed by atoms with E-state index in [1.807, 2.05) is 100 Å². The summed E-state index contributed by atoms with van der Waals surface area (Å²) >= 11 is 6.20. The first-order valence-corrected chi connectivity index (χ1v) is 20.1. The number of urea groups is 1. The van der Waals surface area contributed by atoms with E-state index in [4.69, 9.17) is 10.2 Å². The van der Waals surface area contributed by atoms with Crippen LogP contribution in [-0.2, 0) is 20.8 Å². The SMILES string of the molecule is O=C1[C@H](CCc2ccccc2)N(CC(=O)N2N=C(c3cccs3)C[C@H]2c2cccs2)C(=O)N1CC(=O)N1N=C(c2cccs2)C[C@H]1c1cccs1. The standard InChI is InChI=1S/C37H32N6O4S4/c44-34(42-28(32-12-6-18-50-32)20-25(38-42)30-10-4-16-48-30)22-40-27(15-14-24-8-2-1-3-9-24)36(46)41(37(40)47)23-35(45)43-29(33-13-7-19-51-33)21-26(39-43)31-11-5-17-49-31/h1-13,16-19,27-29H,14-15,20-23H2/t27-,28-,29-/m0/s1. The lowest BCUT2D eigenvalue weighted by Gasteiger charge is -2.26. The van der Waals surface area contributed by atoms with E-state index in [1.54, 1.807) is 34.0 Å². The van der Waals surface area contributed by atoms with E-state index < -0.39 is 30.4 Å². The van der Waals surface area contributed by atoms with Crippen molar-refractivity contribution in [2.75, 3.05) is 13.1 Å². The van der Waals surface area contributed by atoms with Gasteiger partial charge in [-0.05, 0) is 64.2 Å². The van der Waals surface area contributed by atoms with E-state index in [9.17, 15) is 19.2 Å². The maximum absolute atomic E-state index is 14.2. The van der Waals surface area contributed by atoms with Crippen molar-refractivity contribution in [2.45, 2.75) is 43.8 Å². The highest BCUT2D eigenvalue weighted by atomic mass is 32.1. The van der Waals surface area contributed by atoms with Gasteiger partial charge in [-0.2, -0.15) is 10.2 Å². The van der Waals surface area contributed by atoms with Crippen LogP contribution in [0.3, 0.4) is 0 Å². The first kappa shape index (κ1) is 33.4. The van der Waals surface area contributed by atoms with Crippen molar-refractivity contribution in [1.29, 1.82) is 0 Å². The molecule has 0 N–H and O–H groups in total. The second-order valence-corrected chi connectivity index (χ2v) is 16.2. The Morgan fingerprint density at radius 2 is 1.18 bits per heavy atom. The van der Waals surface area contributed by atoms with Gasteiger partial charge in [0.1, 0.15) is 19.1 Å². The van der Waals surface area contributed by atoms with E-state index in [1.165, 1.54) is 26.3 Å². The molecule has 51 heavy (non-hydrogen) atoms. The summed E-state index contributed by atoms with van der Waals surface area (Å²) in [5.41, 5.74) is 2.60. The van der Waals surface area contributed by atoms with Crippen LogP contribution in [0.25, 0.3) is 0 Å². The highest BCUT2D eigenvalue weighted by molar-refractivity contribution is 7.12. The molecular weight excluding hydrogens is 721 g/mol. The number of benzene rings is 1. The van der Waals surface area contributed by atoms with Gasteiger partial charge >= 0.3 is 6.03 Å². The smallest absolute Gasteiger partial charge is 0.303 e. The minimum absolute atomic E-state index is 0.298. The molecule has 14 heteroatoms. The van der Waals surface area contributed by atoms with Gasteiger partial charge in [0.15, 0.2) is 0 Å². The van der Waals surface area contributed by atoms with Crippen molar-refractivity contribution < 1.29 is 19.2 Å². The van der Waals surface area contributed by atoms with Crippen LogP contribution in [0.4, 0.5) is 4.79 Å². The molecule has 8 rings (SSSR count). The van der Waals surface area contributed by atoms with Gasteiger partial charge in [0, 0.05) is 22.6 Å². The third-order valence-corrected chi connectivity index (χ3v) is 13.0. The predicted molar refractivity (Wildman–Crippen MR) is 201 cm³/mol. The fourth-order valence-corrected chi connectivity index (χ4v) is 9.81. The van der Waals surface area contributed by atoms with Crippen molar-refractivity contribution in [2.24, 2.45) is 10.2 Å². The number of hydrogen-bond donors (Lipinski definition) is 0. The molecule has 7 heterocycles. The minimum Gasteiger partial charge on any atom is -0.303 e. The summed E-state index contributed by atoms with van der Waals surface area (Å²) in [5, 5.41) is 20.2. The summed E-state index contributed by atoms with van der Waals surface area (Å²) in [6, 6.07) is 23.1. The van der Waals surface area contributed by atoms with Crippen molar-refractivity contribution in [3.05, 3.63) is 125 Å². The van der Waals surface area contributed by atoms with E-state index in [0.29, 0.717) is 25.7 Å². The van der Waals surface area contributed by atoms with Crippen LogP contribution in [0.2, 0.25) is 0 Å². The molecule has 258 valence electrons. The quantitative estimate of drug-likeness (QED) is 0.133. The second kappa shape index (κ2) is 14.5. The summed E-state index contributed by atoms with van der Waals surface area (Å²) in [5.74, 6) is -1.34. The molecule has 1 aromatic carbocycles. The number of nitrogens with zero attached hydrogens (tertiary/aromatic N) is 6. The molecule has 0 radical (unpaired) electrons. The largest absolute Gasteiger partial charge is 0.328 e. The Morgan fingerprint density at radius 1 is 0.647 bits per heavy atom. The van der Waals surface area contributed by atoms with Crippen LogP contribution >= 0.6 is 45.3 Å². The zero-order valence-corrected chi connectivity index (χ0v) is 30.5. The molecule has 5 amide bonds. The first-order chi connectivity index (χ1) is 24.9. The van der Waals surface area contributed by atoms with Crippen molar-refractivity contribution in [3.8, 4) is 0 Å². The molecular formula is C37H32N6O4S4. The molecule has 3 aliphatic rings. The van der Waals surface area contributed by atoms with Crippen LogP contribution < -0.4 is 0 Å². The fraction of sp³-hybridized carbons (Fsp3) is 0.243. The number of rotatable bonds is 11. The summed E-state index contributed by atoms with van der Waals surface area (Å²) in [6.45, 7) is -0.824. The molecule has 1 saturated heterocycles. The Bertz CT molecular complexity index is 2080. The number of hydrogen-bond acceptors (Lipinski definition) is 10. The van der Waals surface area contributed by atoms with Crippen molar-refractivity contribution in [3.63, 3.8) is 0 Å². The van der Waals surface area contributed by atoms with E-state index in [0.717, 1.165) is 41.4 Å². The van der Waals surface area contributed by atoms with Crippen LogP contribution in [0.15, 0.2) is 111 Å². The van der Waals surface area contributed by atoms with Gasteiger partial charge in [-0.15, -0.1) is 45.3 Å². The number of aryl methyl sites for hydroxylation is 1. The molecule has 5 aromatic rings. The highest BCUT2D eigenvalue weighted by Crippen LogP contribution is 2.38. The molecule has 0 saturated carbocycles. The Balaban J connectivity index is 1.06. The monoisotopic (exact) mass is 752 g/mol. The molecule has 3 aliphatic heterocycles. The number of amides is 5. The van der Waals surface area contributed by atoms with E-state index >= 15 is 0 Å². The van der Waals surface area contributed by atoms with E-state index in [-0.39, 0.29) is 24.5 Å². The van der Waals surface area contributed by atoms with Crippen LogP contribution in [-0.4, -0.2) is 74.1 Å². The van der Waals surface area contributed by atoms with Crippen molar-refractivity contribution in [1.82, 2.24) is 19.8 Å². The van der Waals surface area contributed by atoms with Gasteiger partial charge in [0.25, 0.3) is 17.7 Å². The lowest BCUT2D eigenvalue weighted by Crippen LogP contribution is -2.44. The predicted octanol–water partition coefficient (Wildman–Crippen LogP) is 7.25. The zero-order valence-electron chi connectivity index (χ0n) is 27.2. The van der Waals surface area contributed by atoms with E-state index in [2.05, 4.69) is 0 Å². The lowest BCUT2D eigenvalue weighted by molar-refractivity contribution is -0.139. The summed E-state index contributed by atoms with van der Waals surface area (Å²) in [7, 11) is 0. The zero-order chi connectivity index (χ0) is 34.9. The number of imide groups is 1. The maximum atomic E-state index is 14.2. The molecule has 1 fully saturated rings. The van der Waals surface area contributed by atoms with Crippen LogP contribution in [0, 0.1) is 0 Å². The third kappa shape index (κ3) is 6.71. The Hall–Kier alpha value is -4.76. The second-order valence-electron chi connectivity index (χ2n) is 12.4. The summed E-state index contributed by atoms with van der Waals surface area (Å²) in [6.07, 6.45) is 1.89. The molecule has 10 nitrogen and oxygen atoms in total. The number of hydrazone groups is 2. The number of carbonyl (C=O) groups is 4. The Labute approximate surface area is 310 Å². The lowest BCUT2D eigenvalue weighted by atomic mass is 10.0. The third-order valence-electron chi connectivity index (χ3n) is 9.24. The molecule has 3 atom stereocenters. The summed E-state index contributed by atoms with van der Waals surface area (Å²) < 4.78 is 0. The topological polar surface area (TPSA) is 106 Å². The van der Waals surface area contributed by atoms with Crippen molar-refractivity contribution >= 4 is 80.5 Å². The van der Waals surface area contributed by atoms with Gasteiger partial charge in [-0.25, -0.2) is 14.8 Å². The highest BCUT2D eigenvalue weighted by Gasteiger charge is 2.48. The van der Waals surface area contributed by atoms with Gasteiger partial charge in [0.2, 0.25) is 0 Å². The van der Waals surface area contributed by atoms with Gasteiger partial charge in [-0.1, -0.05) is 54.6 Å². The average Bonchev–Trinajstić information content (AvgIpc) is 4.00. The molecule has 4 aromatic heterocycles. The molecule has 0 aliphatic carbocycles. The fourth-order valence-electron chi connectivity index (χ4n) is 6.74. The molecule has 0 unspecified atom stereocenters. The molecule has 0 bridgehead atoms. The molecule has 0 spiro atoms. The minimum atomic E-state index is -0.921. The maximum Gasteiger partial charge on any atom is 0.328 e. The van der Waals surface area contributed by atoms with Gasteiger partial charge in [-0.3, -0.25) is 19.3 Å². The summed E-state index contributed by atoms with van der Waals surface area (Å²) in [4.78, 5) is 62.8. The Morgan fingerprint density at radius 3 is 1.69 bits per heavy atom. The van der Waals surface area contributed by atoms with Gasteiger partial charge in [0.05, 0.1) is 33.3 Å². The number of carbonyl (C=O) groups excluding carboxylic acids is 4. The Kier molecular flexibility index (Phi) is 9.47. The van der Waals surface area contributed by atoms with Gasteiger partial charge < -0.3 is 4.90 Å². The first-order valence-electron chi connectivity index (χ1n) is 16.5.